The lowest BCUT2D eigenvalue weighted by Gasteiger charge is -2.06. The Morgan fingerprint density at radius 3 is 2.61 bits per heavy atom. The molecular formula is C19H22N2O2. The number of carbonyl (C=O) groups excluding carboxylic acids is 1. The molecule has 0 aliphatic heterocycles. The summed E-state index contributed by atoms with van der Waals surface area (Å²) < 4.78 is 5.41. The Balaban J connectivity index is 1.79. The van der Waals surface area contributed by atoms with Crippen LogP contribution in [0.15, 0.2) is 53.6 Å². The molecule has 1 amide bonds. The minimum absolute atomic E-state index is 0.0624. The SMILES string of the molecule is Cc1cccc(OCC(=O)N/N=C/c2ccc(C(C)C)cc2)c1. The first-order valence-corrected chi connectivity index (χ1v) is 7.66. The average Bonchev–Trinajstić information content (AvgIpc) is 2.53. The van der Waals surface area contributed by atoms with E-state index >= 15 is 0 Å². The third-order valence-corrected chi connectivity index (χ3v) is 3.37. The van der Waals surface area contributed by atoms with E-state index in [0.717, 1.165) is 11.1 Å². The van der Waals surface area contributed by atoms with Crippen LogP contribution in [-0.2, 0) is 4.79 Å². The molecule has 0 radical (unpaired) electrons. The lowest BCUT2D eigenvalue weighted by atomic mass is 10.0. The van der Waals surface area contributed by atoms with Gasteiger partial charge in [0.2, 0.25) is 0 Å². The summed E-state index contributed by atoms with van der Waals surface area (Å²) in [6.45, 7) is 6.21. The number of hydrogen-bond donors (Lipinski definition) is 1. The smallest absolute Gasteiger partial charge is 0.277 e. The number of ether oxygens (including phenoxy) is 1. The van der Waals surface area contributed by atoms with Crippen molar-refractivity contribution in [3.05, 3.63) is 65.2 Å². The molecule has 2 rings (SSSR count). The highest BCUT2D eigenvalue weighted by molar-refractivity contribution is 5.82. The van der Waals surface area contributed by atoms with Crippen LogP contribution in [-0.4, -0.2) is 18.7 Å². The van der Waals surface area contributed by atoms with Crippen molar-refractivity contribution in [3.63, 3.8) is 0 Å². The molecule has 4 nitrogen and oxygen atoms in total. The number of nitrogens with zero attached hydrogens (tertiary/aromatic N) is 1. The Morgan fingerprint density at radius 1 is 1.22 bits per heavy atom. The number of hydrazone groups is 1. The van der Waals surface area contributed by atoms with Gasteiger partial charge in [-0.15, -0.1) is 0 Å². The number of amides is 1. The van der Waals surface area contributed by atoms with E-state index in [1.807, 2.05) is 43.3 Å². The van der Waals surface area contributed by atoms with Crippen LogP contribution in [0, 0.1) is 6.92 Å². The Kier molecular flexibility index (Phi) is 5.92. The van der Waals surface area contributed by atoms with Gasteiger partial charge in [0.25, 0.3) is 5.91 Å². The number of carbonyl (C=O) groups is 1. The van der Waals surface area contributed by atoms with Crippen LogP contribution in [0.5, 0.6) is 5.75 Å². The van der Waals surface area contributed by atoms with Gasteiger partial charge in [0.05, 0.1) is 6.21 Å². The molecule has 0 saturated heterocycles. The van der Waals surface area contributed by atoms with Crippen LogP contribution in [0.2, 0.25) is 0 Å². The molecule has 0 fully saturated rings. The third kappa shape index (κ3) is 5.58. The fourth-order valence-corrected chi connectivity index (χ4v) is 2.03. The molecule has 4 heteroatoms. The monoisotopic (exact) mass is 310 g/mol. The van der Waals surface area contributed by atoms with Gasteiger partial charge in [-0.05, 0) is 41.7 Å². The van der Waals surface area contributed by atoms with E-state index in [2.05, 4.69) is 36.5 Å². The van der Waals surface area contributed by atoms with E-state index in [-0.39, 0.29) is 12.5 Å². The highest BCUT2D eigenvalue weighted by Crippen LogP contribution is 2.14. The zero-order valence-electron chi connectivity index (χ0n) is 13.7. The summed E-state index contributed by atoms with van der Waals surface area (Å²) in [4.78, 5) is 11.7. The molecule has 0 aliphatic carbocycles. The molecule has 2 aromatic rings. The predicted molar refractivity (Wildman–Crippen MR) is 92.9 cm³/mol. The second kappa shape index (κ2) is 8.13. The van der Waals surface area contributed by atoms with Crippen LogP contribution < -0.4 is 10.2 Å². The molecule has 0 unspecified atom stereocenters. The van der Waals surface area contributed by atoms with Crippen molar-refractivity contribution in [2.45, 2.75) is 26.7 Å². The number of rotatable bonds is 6. The van der Waals surface area contributed by atoms with E-state index in [1.54, 1.807) is 6.21 Å². The van der Waals surface area contributed by atoms with Crippen LogP contribution in [0.4, 0.5) is 0 Å². The van der Waals surface area contributed by atoms with E-state index in [9.17, 15) is 4.79 Å². The summed E-state index contributed by atoms with van der Waals surface area (Å²) in [6.07, 6.45) is 1.62. The van der Waals surface area contributed by atoms with Crippen molar-refractivity contribution >= 4 is 12.1 Å². The molecule has 1 N–H and O–H groups in total. The van der Waals surface area contributed by atoms with Gasteiger partial charge in [-0.1, -0.05) is 50.2 Å². The summed E-state index contributed by atoms with van der Waals surface area (Å²) >= 11 is 0. The molecule has 0 bridgehead atoms. The van der Waals surface area contributed by atoms with Gasteiger partial charge >= 0.3 is 0 Å². The van der Waals surface area contributed by atoms with Gasteiger partial charge in [0.15, 0.2) is 6.61 Å². The minimum Gasteiger partial charge on any atom is -0.484 e. The fraction of sp³-hybridized carbons (Fsp3) is 0.263. The maximum Gasteiger partial charge on any atom is 0.277 e. The lowest BCUT2D eigenvalue weighted by Crippen LogP contribution is -2.24. The zero-order valence-corrected chi connectivity index (χ0v) is 13.7. The molecule has 2 aromatic carbocycles. The van der Waals surface area contributed by atoms with E-state index < -0.39 is 0 Å². The Hall–Kier alpha value is -2.62. The maximum absolute atomic E-state index is 11.7. The molecule has 0 saturated carbocycles. The van der Waals surface area contributed by atoms with Crippen molar-refractivity contribution in [1.82, 2.24) is 5.43 Å². The summed E-state index contributed by atoms with van der Waals surface area (Å²) in [5.41, 5.74) is 5.76. The van der Waals surface area contributed by atoms with Crippen LogP contribution in [0.1, 0.15) is 36.5 Å². The first-order chi connectivity index (χ1) is 11.0. The number of nitrogens with one attached hydrogen (secondary N) is 1. The molecule has 0 spiro atoms. The van der Waals surface area contributed by atoms with Crippen LogP contribution >= 0.6 is 0 Å². The van der Waals surface area contributed by atoms with E-state index in [1.165, 1.54) is 5.56 Å². The summed E-state index contributed by atoms with van der Waals surface area (Å²) in [7, 11) is 0. The summed E-state index contributed by atoms with van der Waals surface area (Å²) in [5.74, 6) is 0.884. The fourth-order valence-electron chi connectivity index (χ4n) is 2.03. The maximum atomic E-state index is 11.7. The number of aryl methyl sites for hydroxylation is 1. The summed E-state index contributed by atoms with van der Waals surface area (Å²) in [5, 5.41) is 3.94. The van der Waals surface area contributed by atoms with Gasteiger partial charge in [0, 0.05) is 0 Å². The largest absolute Gasteiger partial charge is 0.484 e. The topological polar surface area (TPSA) is 50.7 Å². The average molecular weight is 310 g/mol. The van der Waals surface area contributed by atoms with Crippen molar-refractivity contribution in [2.24, 2.45) is 5.10 Å². The highest BCUT2D eigenvalue weighted by Gasteiger charge is 2.01. The first-order valence-electron chi connectivity index (χ1n) is 7.66. The third-order valence-electron chi connectivity index (χ3n) is 3.37. The highest BCUT2D eigenvalue weighted by atomic mass is 16.5. The van der Waals surface area contributed by atoms with Crippen molar-refractivity contribution in [1.29, 1.82) is 0 Å². The lowest BCUT2D eigenvalue weighted by molar-refractivity contribution is -0.123. The minimum atomic E-state index is -0.290. The standard InChI is InChI=1S/C19H22N2O2/c1-14(2)17-9-7-16(8-10-17)12-20-21-19(22)13-23-18-6-4-5-15(3)11-18/h4-12,14H,13H2,1-3H3,(H,21,22)/b20-12+. The second-order valence-corrected chi connectivity index (χ2v) is 5.72. The van der Waals surface area contributed by atoms with Gasteiger partial charge < -0.3 is 4.74 Å². The van der Waals surface area contributed by atoms with Gasteiger partial charge in [0.1, 0.15) is 5.75 Å². The Labute approximate surface area is 137 Å². The second-order valence-electron chi connectivity index (χ2n) is 5.72. The normalized spacial score (nSPS) is 11.0. The van der Waals surface area contributed by atoms with Crippen molar-refractivity contribution in [3.8, 4) is 5.75 Å². The number of benzene rings is 2. The van der Waals surface area contributed by atoms with Crippen LogP contribution in [0.25, 0.3) is 0 Å². The molecule has 0 heterocycles. The molecule has 23 heavy (non-hydrogen) atoms. The zero-order chi connectivity index (χ0) is 16.7. The van der Waals surface area contributed by atoms with E-state index in [4.69, 9.17) is 4.74 Å². The van der Waals surface area contributed by atoms with Gasteiger partial charge in [-0.3, -0.25) is 4.79 Å². The van der Waals surface area contributed by atoms with Gasteiger partial charge in [-0.2, -0.15) is 5.10 Å². The van der Waals surface area contributed by atoms with Crippen molar-refractivity contribution < 1.29 is 9.53 Å². The predicted octanol–water partition coefficient (Wildman–Crippen LogP) is 3.65. The molecule has 120 valence electrons. The quantitative estimate of drug-likeness (QED) is 0.654. The first kappa shape index (κ1) is 16.7. The number of hydrogen-bond acceptors (Lipinski definition) is 3. The van der Waals surface area contributed by atoms with Crippen LogP contribution in [0.3, 0.4) is 0 Å². The molecule has 0 aromatic heterocycles. The molecule has 0 aliphatic rings. The Morgan fingerprint density at radius 2 is 1.96 bits per heavy atom. The van der Waals surface area contributed by atoms with Crippen molar-refractivity contribution in [2.75, 3.05) is 6.61 Å². The van der Waals surface area contributed by atoms with E-state index in [0.29, 0.717) is 11.7 Å². The molecule has 0 atom stereocenters. The van der Waals surface area contributed by atoms with Gasteiger partial charge in [-0.25, -0.2) is 5.43 Å². The molecular weight excluding hydrogens is 288 g/mol. The Bertz CT molecular complexity index is 676. The summed E-state index contributed by atoms with van der Waals surface area (Å²) in [6, 6.07) is 15.7.